The highest BCUT2D eigenvalue weighted by atomic mass is 35.5. The molecule has 1 amide bonds. The van der Waals surface area contributed by atoms with Gasteiger partial charge in [0.05, 0.1) is 16.0 Å². The van der Waals surface area contributed by atoms with Gasteiger partial charge in [0.2, 0.25) is 10.0 Å². The molecule has 0 aliphatic heterocycles. The number of rotatable bonds is 6. The van der Waals surface area contributed by atoms with Gasteiger partial charge in [-0.3, -0.25) is 4.79 Å². The second-order valence-electron chi connectivity index (χ2n) is 4.91. The molecular formula is C16H13ClFN3O3S. The summed E-state index contributed by atoms with van der Waals surface area (Å²) in [7, 11) is -3.74. The maximum atomic E-state index is 13.1. The van der Waals surface area contributed by atoms with E-state index in [2.05, 4.69) is 10.0 Å². The molecule has 2 aromatic rings. The van der Waals surface area contributed by atoms with Gasteiger partial charge in [-0.15, -0.1) is 0 Å². The van der Waals surface area contributed by atoms with Gasteiger partial charge >= 0.3 is 0 Å². The number of hydrogen-bond donors (Lipinski definition) is 2. The first-order chi connectivity index (χ1) is 11.8. The minimum absolute atomic E-state index is 0.00635. The van der Waals surface area contributed by atoms with Crippen LogP contribution in [0.15, 0.2) is 47.4 Å². The maximum absolute atomic E-state index is 13.1. The molecule has 0 fully saturated rings. The van der Waals surface area contributed by atoms with Gasteiger partial charge in [-0.2, -0.15) is 5.26 Å². The molecule has 0 saturated carbocycles. The van der Waals surface area contributed by atoms with Crippen LogP contribution >= 0.6 is 11.6 Å². The fraction of sp³-hybridized carbons (Fsp3) is 0.125. The third-order valence-electron chi connectivity index (χ3n) is 3.13. The number of hydrogen-bond acceptors (Lipinski definition) is 4. The molecule has 2 rings (SSSR count). The van der Waals surface area contributed by atoms with Crippen LogP contribution in [-0.4, -0.2) is 20.9 Å². The summed E-state index contributed by atoms with van der Waals surface area (Å²) in [4.78, 5) is 12.1. The van der Waals surface area contributed by atoms with E-state index in [0.717, 1.165) is 6.07 Å². The van der Waals surface area contributed by atoms with Crippen molar-refractivity contribution in [2.75, 3.05) is 11.9 Å². The second kappa shape index (κ2) is 8.07. The Kier molecular flexibility index (Phi) is 6.09. The summed E-state index contributed by atoms with van der Waals surface area (Å²) in [6.07, 6.45) is 0.0555. The quantitative estimate of drug-likeness (QED) is 0.751. The molecule has 9 heteroatoms. The van der Waals surface area contributed by atoms with E-state index in [-0.39, 0.29) is 28.4 Å². The van der Waals surface area contributed by atoms with Crippen LogP contribution in [0.25, 0.3) is 0 Å². The minimum Gasteiger partial charge on any atom is -0.322 e. The molecule has 0 saturated heterocycles. The summed E-state index contributed by atoms with van der Waals surface area (Å²) in [5.74, 6) is -1.10. The molecule has 25 heavy (non-hydrogen) atoms. The van der Waals surface area contributed by atoms with Crippen LogP contribution in [0, 0.1) is 17.1 Å². The predicted molar refractivity (Wildman–Crippen MR) is 91.2 cm³/mol. The summed E-state index contributed by atoms with van der Waals surface area (Å²) >= 11 is 5.65. The number of halogens is 2. The number of carbonyl (C=O) groups is 1. The van der Waals surface area contributed by atoms with Crippen LogP contribution in [0.2, 0.25) is 5.02 Å². The monoisotopic (exact) mass is 381 g/mol. The topological polar surface area (TPSA) is 99.1 Å². The Hall–Kier alpha value is -2.47. The number of nitrogens with zero attached hydrogens (tertiary/aromatic N) is 1. The highest BCUT2D eigenvalue weighted by molar-refractivity contribution is 7.89. The van der Waals surface area contributed by atoms with Crippen molar-refractivity contribution in [3.63, 3.8) is 0 Å². The van der Waals surface area contributed by atoms with E-state index in [1.807, 2.05) is 6.07 Å². The summed E-state index contributed by atoms with van der Waals surface area (Å²) in [5, 5.41) is 10.8. The Labute approximate surface area is 149 Å². The van der Waals surface area contributed by atoms with Gasteiger partial charge in [0.1, 0.15) is 5.82 Å². The standard InChI is InChI=1S/C16H13ClFN3O3S/c17-14-10-12(4-7-15(14)18)21-16(22)11-2-5-13(6-3-11)25(23,24)20-9-1-8-19/h2-7,10,20H,1,9H2,(H,21,22). The number of nitriles is 1. The van der Waals surface area contributed by atoms with E-state index in [1.54, 1.807) is 0 Å². The fourth-order valence-electron chi connectivity index (χ4n) is 1.89. The van der Waals surface area contributed by atoms with Gasteiger partial charge in [-0.1, -0.05) is 11.6 Å². The first-order valence-electron chi connectivity index (χ1n) is 7.06. The first-order valence-corrected chi connectivity index (χ1v) is 8.92. The smallest absolute Gasteiger partial charge is 0.255 e. The zero-order chi connectivity index (χ0) is 18.4. The second-order valence-corrected chi connectivity index (χ2v) is 7.09. The van der Waals surface area contributed by atoms with Crippen LogP contribution < -0.4 is 10.0 Å². The molecule has 0 unspecified atom stereocenters. The van der Waals surface area contributed by atoms with Crippen molar-refractivity contribution < 1.29 is 17.6 Å². The molecule has 0 atom stereocenters. The molecule has 0 bridgehead atoms. The average Bonchev–Trinajstić information content (AvgIpc) is 2.58. The lowest BCUT2D eigenvalue weighted by Crippen LogP contribution is -2.24. The zero-order valence-corrected chi connectivity index (χ0v) is 14.4. The van der Waals surface area contributed by atoms with Gasteiger partial charge in [-0.25, -0.2) is 17.5 Å². The van der Waals surface area contributed by atoms with E-state index >= 15 is 0 Å². The number of anilines is 1. The number of carbonyl (C=O) groups excluding carboxylic acids is 1. The van der Waals surface area contributed by atoms with E-state index in [4.69, 9.17) is 16.9 Å². The van der Waals surface area contributed by atoms with Gasteiger partial charge in [0, 0.05) is 24.2 Å². The van der Waals surface area contributed by atoms with Gasteiger partial charge in [0.25, 0.3) is 5.91 Å². The molecule has 2 aromatic carbocycles. The first kappa shape index (κ1) is 18.9. The minimum atomic E-state index is -3.74. The Balaban J connectivity index is 2.09. The summed E-state index contributed by atoms with van der Waals surface area (Å²) in [5.41, 5.74) is 0.530. The lowest BCUT2D eigenvalue weighted by atomic mass is 10.2. The molecule has 2 N–H and O–H groups in total. The summed E-state index contributed by atoms with van der Waals surface area (Å²) < 4.78 is 39.3. The molecule has 0 aromatic heterocycles. The maximum Gasteiger partial charge on any atom is 0.255 e. The van der Waals surface area contributed by atoms with Crippen molar-refractivity contribution in [3.05, 3.63) is 58.9 Å². The van der Waals surface area contributed by atoms with E-state index in [9.17, 15) is 17.6 Å². The molecule has 0 spiro atoms. The predicted octanol–water partition coefficient (Wildman–Crippen LogP) is 2.92. The molecule has 130 valence electrons. The summed E-state index contributed by atoms with van der Waals surface area (Å²) in [6, 6.07) is 10.8. The van der Waals surface area contributed by atoms with Crippen LogP contribution in [-0.2, 0) is 10.0 Å². The molecular weight excluding hydrogens is 369 g/mol. The van der Waals surface area contributed by atoms with Crippen molar-refractivity contribution in [2.24, 2.45) is 0 Å². The van der Waals surface area contributed by atoms with Crippen LogP contribution in [0.4, 0.5) is 10.1 Å². The van der Waals surface area contributed by atoms with Crippen molar-refractivity contribution >= 4 is 33.2 Å². The van der Waals surface area contributed by atoms with Crippen LogP contribution in [0.5, 0.6) is 0 Å². The van der Waals surface area contributed by atoms with E-state index in [0.29, 0.717) is 5.69 Å². The number of nitrogens with one attached hydrogen (secondary N) is 2. The largest absolute Gasteiger partial charge is 0.322 e. The third kappa shape index (κ3) is 5.00. The van der Waals surface area contributed by atoms with E-state index in [1.165, 1.54) is 36.4 Å². The molecule has 0 heterocycles. The lowest BCUT2D eigenvalue weighted by molar-refractivity contribution is 0.102. The SMILES string of the molecule is N#CCCNS(=O)(=O)c1ccc(C(=O)Nc2ccc(F)c(Cl)c2)cc1. The Morgan fingerprint density at radius 1 is 1.20 bits per heavy atom. The molecule has 0 aliphatic rings. The fourth-order valence-corrected chi connectivity index (χ4v) is 3.10. The van der Waals surface area contributed by atoms with Crippen molar-refractivity contribution in [2.45, 2.75) is 11.3 Å². The Bertz CT molecular complexity index is 925. The molecule has 0 radical (unpaired) electrons. The van der Waals surface area contributed by atoms with Crippen molar-refractivity contribution in [1.82, 2.24) is 4.72 Å². The highest BCUT2D eigenvalue weighted by Crippen LogP contribution is 2.20. The molecule has 6 nitrogen and oxygen atoms in total. The number of sulfonamides is 1. The molecule has 0 aliphatic carbocycles. The number of amides is 1. The van der Waals surface area contributed by atoms with Gasteiger partial charge in [0.15, 0.2) is 0 Å². The van der Waals surface area contributed by atoms with Crippen LogP contribution in [0.1, 0.15) is 16.8 Å². The van der Waals surface area contributed by atoms with Gasteiger partial charge < -0.3 is 5.32 Å². The Morgan fingerprint density at radius 2 is 1.88 bits per heavy atom. The average molecular weight is 382 g/mol. The van der Waals surface area contributed by atoms with E-state index < -0.39 is 21.7 Å². The lowest BCUT2D eigenvalue weighted by Gasteiger charge is -2.08. The zero-order valence-electron chi connectivity index (χ0n) is 12.8. The number of benzene rings is 2. The van der Waals surface area contributed by atoms with Gasteiger partial charge in [-0.05, 0) is 42.5 Å². The van der Waals surface area contributed by atoms with Crippen molar-refractivity contribution in [3.8, 4) is 6.07 Å². The Morgan fingerprint density at radius 3 is 2.48 bits per heavy atom. The van der Waals surface area contributed by atoms with Crippen molar-refractivity contribution in [1.29, 1.82) is 5.26 Å². The third-order valence-corrected chi connectivity index (χ3v) is 4.90. The van der Waals surface area contributed by atoms with Crippen LogP contribution in [0.3, 0.4) is 0 Å². The normalized spacial score (nSPS) is 10.9. The summed E-state index contributed by atoms with van der Waals surface area (Å²) in [6.45, 7) is 0.00635. The highest BCUT2D eigenvalue weighted by Gasteiger charge is 2.14.